The number of hydrogen-bond acceptors (Lipinski definition) is 4. The molecule has 1 heterocycles. The summed E-state index contributed by atoms with van der Waals surface area (Å²) in [5.41, 5.74) is 0.734. The summed E-state index contributed by atoms with van der Waals surface area (Å²) in [5, 5.41) is 9.35. The second-order valence-electron chi connectivity index (χ2n) is 4.26. The van der Waals surface area contributed by atoms with E-state index in [9.17, 15) is 18.0 Å². The average molecular weight is 299 g/mol. The summed E-state index contributed by atoms with van der Waals surface area (Å²) in [4.78, 5) is 11.2. The molecule has 112 valence electrons. The van der Waals surface area contributed by atoms with Gasteiger partial charge in [0.25, 0.3) is 0 Å². The normalized spacial score (nSPS) is 11.4. The Morgan fingerprint density at radius 3 is 2.57 bits per heavy atom. The Kier molecular flexibility index (Phi) is 4.56. The maximum absolute atomic E-state index is 11.9. The fourth-order valence-corrected chi connectivity index (χ4v) is 1.56. The van der Waals surface area contributed by atoms with Crippen LogP contribution in [0.5, 0.6) is 0 Å². The maximum Gasteiger partial charge on any atom is 0.405 e. The topological polar surface area (TPSA) is 68.0 Å². The summed E-state index contributed by atoms with van der Waals surface area (Å²) in [7, 11) is 0. The summed E-state index contributed by atoms with van der Waals surface area (Å²) in [6.07, 6.45) is -4.48. The molecule has 1 N–H and O–H groups in total. The van der Waals surface area contributed by atoms with Crippen LogP contribution in [0.1, 0.15) is 12.3 Å². The van der Waals surface area contributed by atoms with Crippen LogP contribution in [0.2, 0.25) is 0 Å². The van der Waals surface area contributed by atoms with Crippen molar-refractivity contribution in [2.75, 3.05) is 6.54 Å². The van der Waals surface area contributed by atoms with Crippen LogP contribution in [0.3, 0.4) is 0 Å². The van der Waals surface area contributed by atoms with Crippen LogP contribution in [0.25, 0.3) is 11.5 Å². The molecule has 1 aromatic heterocycles. The fraction of sp³-hybridized carbons (Fsp3) is 0.308. The van der Waals surface area contributed by atoms with Gasteiger partial charge in [-0.25, -0.2) is 0 Å². The zero-order valence-electron chi connectivity index (χ0n) is 10.9. The summed E-state index contributed by atoms with van der Waals surface area (Å²) in [6.45, 7) is -1.34. The van der Waals surface area contributed by atoms with Gasteiger partial charge >= 0.3 is 6.18 Å². The number of nitrogens with one attached hydrogen (secondary N) is 1. The van der Waals surface area contributed by atoms with E-state index < -0.39 is 18.6 Å². The van der Waals surface area contributed by atoms with Crippen molar-refractivity contribution in [2.24, 2.45) is 0 Å². The molecule has 8 heteroatoms. The van der Waals surface area contributed by atoms with Gasteiger partial charge in [-0.2, -0.15) is 13.2 Å². The number of aryl methyl sites for hydroxylation is 1. The van der Waals surface area contributed by atoms with Crippen LogP contribution >= 0.6 is 0 Å². The van der Waals surface area contributed by atoms with Gasteiger partial charge in [0.05, 0.1) is 0 Å². The molecule has 21 heavy (non-hydrogen) atoms. The Balaban J connectivity index is 1.85. The van der Waals surface area contributed by atoms with Crippen LogP contribution < -0.4 is 5.32 Å². The van der Waals surface area contributed by atoms with Crippen molar-refractivity contribution < 1.29 is 22.4 Å². The van der Waals surface area contributed by atoms with Crippen molar-refractivity contribution in [1.29, 1.82) is 0 Å². The molecule has 0 aliphatic rings. The van der Waals surface area contributed by atoms with Crippen LogP contribution in [0, 0.1) is 0 Å². The highest BCUT2D eigenvalue weighted by Crippen LogP contribution is 2.17. The molecule has 0 spiro atoms. The lowest BCUT2D eigenvalue weighted by molar-refractivity contribution is -0.138. The second kappa shape index (κ2) is 6.38. The van der Waals surface area contributed by atoms with Crippen LogP contribution in [-0.4, -0.2) is 28.8 Å². The van der Waals surface area contributed by atoms with Gasteiger partial charge in [0.15, 0.2) is 0 Å². The smallest absolute Gasteiger partial charge is 0.405 e. The first-order valence-electron chi connectivity index (χ1n) is 6.15. The van der Waals surface area contributed by atoms with Gasteiger partial charge in [-0.15, -0.1) is 10.2 Å². The highest BCUT2D eigenvalue weighted by atomic mass is 19.4. The van der Waals surface area contributed by atoms with Crippen LogP contribution in [0.4, 0.5) is 13.2 Å². The molecule has 0 fully saturated rings. The van der Waals surface area contributed by atoms with E-state index in [4.69, 9.17) is 4.42 Å². The van der Waals surface area contributed by atoms with E-state index >= 15 is 0 Å². The first-order chi connectivity index (χ1) is 9.94. The SMILES string of the molecule is O=C(CCc1nnc(-c2ccccc2)o1)NCC(F)(F)F. The number of alkyl halides is 3. The summed E-state index contributed by atoms with van der Waals surface area (Å²) in [5.74, 6) is -0.205. The number of nitrogens with zero attached hydrogens (tertiary/aromatic N) is 2. The molecule has 2 rings (SSSR count). The van der Waals surface area contributed by atoms with Crippen molar-refractivity contribution in [3.8, 4) is 11.5 Å². The Labute approximate surface area is 118 Å². The van der Waals surface area contributed by atoms with E-state index in [2.05, 4.69) is 10.2 Å². The predicted molar refractivity (Wildman–Crippen MR) is 67.1 cm³/mol. The molecule has 0 aliphatic heterocycles. The number of carbonyl (C=O) groups excluding carboxylic acids is 1. The minimum Gasteiger partial charge on any atom is -0.421 e. The number of carbonyl (C=O) groups is 1. The molecule has 0 unspecified atom stereocenters. The molecular weight excluding hydrogens is 287 g/mol. The third kappa shape index (κ3) is 4.90. The average Bonchev–Trinajstić information content (AvgIpc) is 2.92. The van der Waals surface area contributed by atoms with Gasteiger partial charge < -0.3 is 9.73 Å². The third-order valence-electron chi connectivity index (χ3n) is 2.54. The van der Waals surface area contributed by atoms with Crippen molar-refractivity contribution in [3.63, 3.8) is 0 Å². The molecule has 0 saturated carbocycles. The largest absolute Gasteiger partial charge is 0.421 e. The van der Waals surface area contributed by atoms with Crippen molar-refractivity contribution in [1.82, 2.24) is 15.5 Å². The Morgan fingerprint density at radius 1 is 1.19 bits per heavy atom. The summed E-state index contributed by atoms with van der Waals surface area (Å²) < 4.78 is 41.1. The van der Waals surface area contributed by atoms with E-state index in [0.29, 0.717) is 5.89 Å². The Morgan fingerprint density at radius 2 is 1.90 bits per heavy atom. The van der Waals surface area contributed by atoms with Gasteiger partial charge in [-0.3, -0.25) is 4.79 Å². The van der Waals surface area contributed by atoms with Gasteiger partial charge in [-0.1, -0.05) is 18.2 Å². The fourth-order valence-electron chi connectivity index (χ4n) is 1.56. The number of aromatic nitrogens is 2. The number of rotatable bonds is 5. The van der Waals surface area contributed by atoms with Gasteiger partial charge in [-0.05, 0) is 12.1 Å². The highest BCUT2D eigenvalue weighted by molar-refractivity contribution is 5.76. The lowest BCUT2D eigenvalue weighted by Crippen LogP contribution is -2.33. The first-order valence-corrected chi connectivity index (χ1v) is 6.15. The minimum atomic E-state index is -4.42. The van der Waals surface area contributed by atoms with Crippen molar-refractivity contribution in [3.05, 3.63) is 36.2 Å². The molecule has 1 aromatic carbocycles. The molecule has 1 amide bonds. The number of amides is 1. The zero-order valence-corrected chi connectivity index (χ0v) is 10.9. The Hall–Kier alpha value is -2.38. The number of benzene rings is 1. The van der Waals surface area contributed by atoms with E-state index in [-0.39, 0.29) is 18.7 Å². The zero-order chi connectivity index (χ0) is 15.3. The number of halogens is 3. The third-order valence-corrected chi connectivity index (χ3v) is 2.54. The van der Waals surface area contributed by atoms with Crippen molar-refractivity contribution >= 4 is 5.91 Å². The van der Waals surface area contributed by atoms with Crippen LogP contribution in [-0.2, 0) is 11.2 Å². The van der Waals surface area contributed by atoms with E-state index in [1.165, 1.54) is 0 Å². The molecule has 2 aromatic rings. The summed E-state index contributed by atoms with van der Waals surface area (Å²) in [6, 6.07) is 9.03. The molecule has 0 saturated heterocycles. The second-order valence-corrected chi connectivity index (χ2v) is 4.26. The monoisotopic (exact) mass is 299 g/mol. The van der Waals surface area contributed by atoms with Crippen molar-refractivity contribution in [2.45, 2.75) is 19.0 Å². The quantitative estimate of drug-likeness (QED) is 0.920. The standard InChI is InChI=1S/C13H12F3N3O2/c14-13(15,16)8-17-10(20)6-7-11-18-19-12(21-11)9-4-2-1-3-5-9/h1-5H,6-8H2,(H,17,20). The minimum absolute atomic E-state index is 0.0868. The van der Waals surface area contributed by atoms with E-state index in [1.807, 2.05) is 18.2 Å². The lowest BCUT2D eigenvalue weighted by atomic mass is 10.2. The maximum atomic E-state index is 11.9. The molecule has 5 nitrogen and oxygen atoms in total. The van der Waals surface area contributed by atoms with Gasteiger partial charge in [0, 0.05) is 18.4 Å². The highest BCUT2D eigenvalue weighted by Gasteiger charge is 2.27. The first kappa shape index (κ1) is 15.0. The van der Waals surface area contributed by atoms with E-state index in [0.717, 1.165) is 5.56 Å². The summed E-state index contributed by atoms with van der Waals surface area (Å²) >= 11 is 0. The molecule has 0 radical (unpaired) electrons. The molecular formula is C13H12F3N3O2. The van der Waals surface area contributed by atoms with Gasteiger partial charge in [0.1, 0.15) is 6.54 Å². The molecule has 0 aliphatic carbocycles. The Bertz CT molecular complexity index is 596. The van der Waals surface area contributed by atoms with Gasteiger partial charge in [0.2, 0.25) is 17.7 Å². The lowest BCUT2D eigenvalue weighted by Gasteiger charge is -2.07. The molecule has 0 bridgehead atoms. The van der Waals surface area contributed by atoms with Crippen LogP contribution in [0.15, 0.2) is 34.7 Å². The number of hydrogen-bond donors (Lipinski definition) is 1. The van der Waals surface area contributed by atoms with E-state index in [1.54, 1.807) is 17.4 Å². The predicted octanol–water partition coefficient (Wildman–Crippen LogP) is 2.35. The molecule has 0 atom stereocenters.